The van der Waals surface area contributed by atoms with Gasteiger partial charge in [0.25, 0.3) is 0 Å². The highest BCUT2D eigenvalue weighted by atomic mass is 16.8. The number of aromatic hydroxyl groups is 1. The number of ether oxygens (including phenoxy) is 9. The Morgan fingerprint density at radius 1 is 0.922 bits per heavy atom. The second kappa shape index (κ2) is 14.9. The minimum atomic E-state index is -1.73. The number of carbonyl (C=O) groups is 2. The lowest BCUT2D eigenvalue weighted by atomic mass is 9.85. The molecule has 1 aliphatic carbocycles. The van der Waals surface area contributed by atoms with Crippen LogP contribution in [0.25, 0.3) is 6.08 Å². The number of carbonyl (C=O) groups excluding carboxylic acids is 2. The first kappa shape index (κ1) is 37.4. The summed E-state index contributed by atoms with van der Waals surface area (Å²) in [5.41, 5.74) is -0.836. The largest absolute Gasteiger partial charge is 0.504 e. The van der Waals surface area contributed by atoms with E-state index in [9.17, 15) is 45.3 Å². The van der Waals surface area contributed by atoms with Gasteiger partial charge in [-0.1, -0.05) is 6.07 Å². The van der Waals surface area contributed by atoms with Crippen molar-refractivity contribution in [1.82, 2.24) is 0 Å². The fourth-order valence-corrected chi connectivity index (χ4v) is 7.16. The number of methoxy groups -OCH3 is 1. The van der Waals surface area contributed by atoms with Crippen LogP contribution < -0.4 is 4.74 Å². The maximum Gasteiger partial charge on any atom is 0.331 e. The van der Waals surface area contributed by atoms with Crippen LogP contribution in [0.2, 0.25) is 0 Å². The molecule has 0 unspecified atom stereocenters. The molecule has 4 heterocycles. The van der Waals surface area contributed by atoms with Gasteiger partial charge in [-0.15, -0.1) is 0 Å². The summed E-state index contributed by atoms with van der Waals surface area (Å²) in [4.78, 5) is 25.2. The summed E-state index contributed by atoms with van der Waals surface area (Å²) in [6, 6.07) is 4.46. The van der Waals surface area contributed by atoms with E-state index in [1.165, 1.54) is 38.5 Å². The molecule has 7 N–H and O–H groups in total. The molecule has 4 fully saturated rings. The van der Waals surface area contributed by atoms with Crippen LogP contribution in [-0.4, -0.2) is 154 Å². The molecule has 4 aliphatic heterocycles. The van der Waals surface area contributed by atoms with E-state index in [0.717, 1.165) is 13.0 Å². The standard InChI is InChI=1S/C33H42O18/c1-13-22(39)27(48-20(38)7-5-15-4-6-18(43-3)17(37)10-15)28(46-14(2)36)32(45-13)49-26-16-8-9-44-30(21(16)33(12-35)29(26)51-33)50-31-25(42)24(41)23(40)19(11-34)47-31/h4-10,13,16,19,21-32,34-35,37,39-42H,11-12H2,1-3H3/t13-,16+,19+,21+,22-,23+,24-,25+,26-,27+,28+,29-,30-,31-,32-,33+/m0/s1. The lowest BCUT2D eigenvalue weighted by molar-refractivity contribution is -0.347. The van der Waals surface area contributed by atoms with E-state index < -0.39 is 122 Å². The van der Waals surface area contributed by atoms with Gasteiger partial charge in [-0.2, -0.15) is 0 Å². The fourth-order valence-electron chi connectivity index (χ4n) is 7.16. The quantitative estimate of drug-likeness (QED) is 0.0726. The smallest absolute Gasteiger partial charge is 0.331 e. The first-order valence-corrected chi connectivity index (χ1v) is 16.3. The van der Waals surface area contributed by atoms with Gasteiger partial charge in [0.15, 0.2) is 36.3 Å². The van der Waals surface area contributed by atoms with Gasteiger partial charge in [0.05, 0.1) is 44.7 Å². The molecule has 18 heteroatoms. The molecule has 3 saturated heterocycles. The number of epoxide rings is 1. The molecule has 0 radical (unpaired) electrons. The van der Waals surface area contributed by atoms with Gasteiger partial charge in [-0.05, 0) is 36.8 Å². The average molecular weight is 727 g/mol. The van der Waals surface area contributed by atoms with E-state index in [1.807, 2.05) is 0 Å². The van der Waals surface area contributed by atoms with Crippen molar-refractivity contribution >= 4 is 18.0 Å². The van der Waals surface area contributed by atoms with E-state index in [4.69, 9.17) is 42.6 Å². The summed E-state index contributed by atoms with van der Waals surface area (Å²) in [6.07, 6.45) is -12.2. The third-order valence-electron chi connectivity index (χ3n) is 9.82. The Hall–Kier alpha value is -3.40. The molecule has 282 valence electrons. The van der Waals surface area contributed by atoms with Crippen LogP contribution in [0.1, 0.15) is 19.4 Å². The van der Waals surface area contributed by atoms with Gasteiger partial charge < -0.3 is 78.4 Å². The molecule has 6 rings (SSSR count). The van der Waals surface area contributed by atoms with Gasteiger partial charge in [0.2, 0.25) is 6.29 Å². The van der Waals surface area contributed by atoms with Crippen LogP contribution in [-0.2, 0) is 47.5 Å². The molecule has 1 aromatic rings. The summed E-state index contributed by atoms with van der Waals surface area (Å²) in [7, 11) is 1.39. The van der Waals surface area contributed by atoms with Crippen LogP contribution >= 0.6 is 0 Å². The number of phenolic OH excluding ortho intramolecular Hbond substituents is 1. The van der Waals surface area contributed by atoms with Crippen LogP contribution in [0.5, 0.6) is 11.5 Å². The maximum atomic E-state index is 13.0. The number of benzene rings is 1. The summed E-state index contributed by atoms with van der Waals surface area (Å²) in [6.45, 7) is 1.42. The number of aliphatic hydroxyl groups excluding tert-OH is 6. The first-order chi connectivity index (χ1) is 24.3. The van der Waals surface area contributed by atoms with Gasteiger partial charge >= 0.3 is 11.9 Å². The highest BCUT2D eigenvalue weighted by molar-refractivity contribution is 5.87. The normalized spacial score (nSPS) is 42.8. The summed E-state index contributed by atoms with van der Waals surface area (Å²) < 4.78 is 51.5. The Balaban J connectivity index is 1.20. The van der Waals surface area contributed by atoms with E-state index in [0.29, 0.717) is 5.56 Å². The van der Waals surface area contributed by atoms with Gasteiger partial charge in [-0.25, -0.2) is 4.79 Å². The second-order valence-electron chi connectivity index (χ2n) is 13.0. The molecule has 18 nitrogen and oxygen atoms in total. The Bertz CT molecular complexity index is 1480. The summed E-state index contributed by atoms with van der Waals surface area (Å²) >= 11 is 0. The van der Waals surface area contributed by atoms with Crippen molar-refractivity contribution in [3.05, 3.63) is 42.2 Å². The van der Waals surface area contributed by atoms with Crippen molar-refractivity contribution in [3.8, 4) is 11.5 Å². The molecule has 0 spiro atoms. The lowest BCUT2D eigenvalue weighted by Gasteiger charge is -2.44. The summed E-state index contributed by atoms with van der Waals surface area (Å²) in [5, 5.41) is 72.1. The number of rotatable bonds is 11. The summed E-state index contributed by atoms with van der Waals surface area (Å²) in [5.74, 6) is -3.04. The number of hydrogen-bond donors (Lipinski definition) is 7. The topological polar surface area (TPSA) is 262 Å². The zero-order chi connectivity index (χ0) is 36.8. The molecular weight excluding hydrogens is 684 g/mol. The van der Waals surface area contributed by atoms with Crippen molar-refractivity contribution in [1.29, 1.82) is 0 Å². The number of phenols is 1. The average Bonchev–Trinajstić information content (AvgIpc) is 3.78. The monoisotopic (exact) mass is 726 g/mol. The lowest BCUT2D eigenvalue weighted by Crippen LogP contribution is -2.61. The van der Waals surface area contributed by atoms with Crippen LogP contribution in [0.15, 0.2) is 36.6 Å². The highest BCUT2D eigenvalue weighted by Gasteiger charge is 2.77. The fraction of sp³-hybridized carbons (Fsp3) is 0.636. The number of fused-ring (bicyclic) bond motifs is 3. The maximum absolute atomic E-state index is 13.0. The molecule has 16 atom stereocenters. The van der Waals surface area contributed by atoms with Gasteiger partial charge in [0.1, 0.15) is 42.2 Å². The molecular formula is C33H42O18. The SMILES string of the molecule is COc1ccc(C=CC(=O)O[C@@H]2[C@@H](O)[C@H](C)O[C@@H](O[C@H]3[C@@H]4C=CO[C@@H](O[C@@H]5O[C@H](CO)[C@@H](O)[C@H](O)[C@H]5O)[C@@H]4[C@@]4(CO)O[C@@H]34)[C@@H]2OC(C)=O)cc1O. The first-order valence-electron chi connectivity index (χ1n) is 16.3. The Labute approximate surface area is 291 Å². The van der Waals surface area contributed by atoms with Crippen LogP contribution in [0.4, 0.5) is 0 Å². The Morgan fingerprint density at radius 3 is 2.35 bits per heavy atom. The van der Waals surface area contributed by atoms with Crippen molar-refractivity contribution in [2.75, 3.05) is 20.3 Å². The predicted octanol–water partition coefficient (Wildman–Crippen LogP) is -2.19. The van der Waals surface area contributed by atoms with Crippen LogP contribution in [0.3, 0.4) is 0 Å². The zero-order valence-electron chi connectivity index (χ0n) is 27.7. The molecule has 0 bridgehead atoms. The van der Waals surface area contributed by atoms with Gasteiger partial charge in [0, 0.05) is 18.9 Å². The zero-order valence-corrected chi connectivity index (χ0v) is 27.7. The van der Waals surface area contributed by atoms with E-state index in [-0.39, 0.29) is 11.5 Å². The minimum Gasteiger partial charge on any atom is -0.504 e. The van der Waals surface area contributed by atoms with E-state index in [2.05, 4.69) is 0 Å². The van der Waals surface area contributed by atoms with Crippen molar-refractivity contribution < 1.29 is 88.0 Å². The molecule has 1 saturated carbocycles. The number of hydrogen-bond acceptors (Lipinski definition) is 18. The Morgan fingerprint density at radius 2 is 1.69 bits per heavy atom. The van der Waals surface area contributed by atoms with Crippen molar-refractivity contribution in [3.63, 3.8) is 0 Å². The van der Waals surface area contributed by atoms with E-state index in [1.54, 1.807) is 12.1 Å². The molecule has 0 aromatic heterocycles. The number of aliphatic hydroxyl groups is 6. The van der Waals surface area contributed by atoms with Gasteiger partial charge in [-0.3, -0.25) is 4.79 Å². The minimum absolute atomic E-state index is 0.151. The molecule has 51 heavy (non-hydrogen) atoms. The highest BCUT2D eigenvalue weighted by Crippen LogP contribution is 2.61. The molecule has 5 aliphatic rings. The predicted molar refractivity (Wildman–Crippen MR) is 165 cm³/mol. The third-order valence-corrected chi connectivity index (χ3v) is 9.82. The molecule has 0 amide bonds. The van der Waals surface area contributed by atoms with Crippen molar-refractivity contribution in [2.24, 2.45) is 11.8 Å². The van der Waals surface area contributed by atoms with Crippen LogP contribution in [0, 0.1) is 11.8 Å². The third kappa shape index (κ3) is 7.06. The number of esters is 2. The molecule has 1 aromatic carbocycles. The van der Waals surface area contributed by atoms with Crippen molar-refractivity contribution in [2.45, 2.75) is 99.4 Å². The van der Waals surface area contributed by atoms with E-state index >= 15 is 0 Å². The Kier molecular flexibility index (Phi) is 10.9. The second-order valence-corrected chi connectivity index (χ2v) is 13.0.